The molecule has 0 radical (unpaired) electrons. The summed E-state index contributed by atoms with van der Waals surface area (Å²) in [5, 5.41) is 3.28. The Morgan fingerprint density at radius 1 is 0.432 bits per heavy atom. The van der Waals surface area contributed by atoms with E-state index in [4.69, 9.17) is 47.4 Å². The van der Waals surface area contributed by atoms with Crippen LogP contribution in [0.1, 0.15) is 103 Å². The maximum atomic E-state index is 13.6. The molecule has 2 saturated carbocycles. The van der Waals surface area contributed by atoms with Gasteiger partial charge in [0, 0.05) is 36.8 Å². The first-order valence-corrected chi connectivity index (χ1v) is 26.2. The molecule has 0 amide bonds. The highest BCUT2D eigenvalue weighted by Gasteiger charge is 2.30. The number of fused-ring (bicyclic) bond motifs is 3. The zero-order chi connectivity index (χ0) is 52.3. The summed E-state index contributed by atoms with van der Waals surface area (Å²) >= 11 is 0. The Morgan fingerprint density at radius 2 is 0.878 bits per heavy atom. The number of esters is 5. The average molecular weight is 1020 g/mol. The van der Waals surface area contributed by atoms with Gasteiger partial charge in [-0.3, -0.25) is 9.59 Å². The zero-order valence-electron chi connectivity index (χ0n) is 42.6. The van der Waals surface area contributed by atoms with Gasteiger partial charge in [-0.1, -0.05) is 38.6 Å². The summed E-state index contributed by atoms with van der Waals surface area (Å²) in [5.41, 5.74) is 0. The Morgan fingerprint density at radius 3 is 1.41 bits per heavy atom. The smallest absolute Gasteiger partial charge is 0.330 e. The molecule has 0 heterocycles. The Hall–Kier alpha value is -6.55. The number of carbonyl (C=O) groups is 5. The van der Waals surface area contributed by atoms with Crippen LogP contribution in [0, 0.1) is 11.8 Å². The van der Waals surface area contributed by atoms with Gasteiger partial charge in [0.25, 0.3) is 0 Å². The standard InChI is InChI=1S/C59H72O15/c1-4-55(60)69-33-13-9-7-11-31-66-45-19-15-42(16-20-45)58(63)73-49-27-29-51-44(39-49)40-54(72-48-25-23-47(24-26-48)68-37-35-65-36-38-71-57(62)6-3)53-41-50(28-30-52(51)53)74-59(64)43-17-21-46(22-18-43)67-32-12-8-10-14-34-70-56(61)5-2/h4-6,23-30,39-43,45-46H,1-3,7-22,31-38H2. The first-order valence-electron chi connectivity index (χ1n) is 26.2. The molecular formula is C59H72O15. The van der Waals surface area contributed by atoms with Gasteiger partial charge in [0.05, 0.1) is 50.5 Å². The molecule has 0 bridgehead atoms. The molecular weight excluding hydrogens is 949 g/mol. The highest BCUT2D eigenvalue weighted by molar-refractivity contribution is 6.11. The number of hydrogen-bond donors (Lipinski definition) is 0. The Labute approximate surface area is 434 Å². The third-order valence-corrected chi connectivity index (χ3v) is 13.1. The Bertz CT molecular complexity index is 2470. The van der Waals surface area contributed by atoms with E-state index in [0.717, 1.165) is 105 Å². The number of carbonyl (C=O) groups excluding carboxylic acids is 5. The van der Waals surface area contributed by atoms with Crippen LogP contribution >= 0.6 is 0 Å². The minimum absolute atomic E-state index is 0.106. The molecule has 0 unspecified atom stereocenters. The minimum atomic E-state index is -0.503. The minimum Gasteiger partial charge on any atom is -0.491 e. The summed E-state index contributed by atoms with van der Waals surface area (Å²) < 4.78 is 57.2. The van der Waals surface area contributed by atoms with Crippen molar-refractivity contribution in [2.45, 2.75) is 115 Å². The summed E-state index contributed by atoms with van der Waals surface area (Å²) in [5.74, 6) is 0.181. The number of hydrogen-bond acceptors (Lipinski definition) is 15. The van der Waals surface area contributed by atoms with Crippen LogP contribution in [0.4, 0.5) is 0 Å². The highest BCUT2D eigenvalue weighted by atomic mass is 16.6. The van der Waals surface area contributed by atoms with Crippen LogP contribution in [0.5, 0.6) is 28.7 Å². The molecule has 0 spiro atoms. The molecule has 74 heavy (non-hydrogen) atoms. The van der Waals surface area contributed by atoms with Crippen molar-refractivity contribution in [2.75, 3.05) is 52.9 Å². The van der Waals surface area contributed by atoms with E-state index >= 15 is 0 Å². The molecule has 6 rings (SSSR count). The second-order valence-corrected chi connectivity index (χ2v) is 18.5. The van der Waals surface area contributed by atoms with Crippen molar-refractivity contribution in [3.8, 4) is 28.7 Å². The lowest BCUT2D eigenvalue weighted by Crippen LogP contribution is -2.29. The van der Waals surface area contributed by atoms with Crippen LogP contribution in [-0.2, 0) is 52.4 Å². The summed E-state index contributed by atoms with van der Waals surface area (Å²) in [4.78, 5) is 60.7. The maximum absolute atomic E-state index is 13.6. The van der Waals surface area contributed by atoms with E-state index in [2.05, 4.69) is 19.7 Å². The number of unbranched alkanes of at least 4 members (excludes halogenated alkanes) is 6. The number of benzene rings is 4. The third kappa shape index (κ3) is 19.1. The van der Waals surface area contributed by atoms with Crippen molar-refractivity contribution in [2.24, 2.45) is 11.8 Å². The Kier molecular flexibility index (Phi) is 24.0. The molecule has 0 atom stereocenters. The molecule has 4 aromatic carbocycles. The van der Waals surface area contributed by atoms with Crippen LogP contribution in [0.15, 0.2) is 105 Å². The monoisotopic (exact) mass is 1020 g/mol. The molecule has 398 valence electrons. The van der Waals surface area contributed by atoms with Gasteiger partial charge < -0.3 is 47.4 Å². The molecule has 15 heteroatoms. The van der Waals surface area contributed by atoms with Crippen LogP contribution in [0.2, 0.25) is 0 Å². The lowest BCUT2D eigenvalue weighted by molar-refractivity contribution is -0.142. The van der Waals surface area contributed by atoms with E-state index in [0.29, 0.717) is 87.5 Å². The summed E-state index contributed by atoms with van der Waals surface area (Å²) in [7, 11) is 0. The van der Waals surface area contributed by atoms with Crippen molar-refractivity contribution in [3.63, 3.8) is 0 Å². The van der Waals surface area contributed by atoms with E-state index in [1.165, 1.54) is 12.2 Å². The molecule has 0 N–H and O–H groups in total. The Balaban J connectivity index is 1.05. The van der Waals surface area contributed by atoms with E-state index in [1.807, 2.05) is 30.3 Å². The summed E-state index contributed by atoms with van der Waals surface area (Å²) in [6.07, 6.45) is 16.9. The van der Waals surface area contributed by atoms with Crippen molar-refractivity contribution < 1.29 is 71.3 Å². The molecule has 2 aliphatic carbocycles. The molecule has 0 aliphatic heterocycles. The van der Waals surface area contributed by atoms with Crippen LogP contribution < -0.4 is 18.9 Å². The van der Waals surface area contributed by atoms with E-state index in [1.54, 1.807) is 36.4 Å². The average Bonchev–Trinajstić information content (AvgIpc) is 3.42. The number of ether oxygens (including phenoxy) is 10. The molecule has 0 aromatic heterocycles. The van der Waals surface area contributed by atoms with Crippen molar-refractivity contribution >= 4 is 51.4 Å². The maximum Gasteiger partial charge on any atom is 0.330 e. The summed E-state index contributed by atoms with van der Waals surface area (Å²) in [6.45, 7) is 13.2. The van der Waals surface area contributed by atoms with Gasteiger partial charge in [-0.25, -0.2) is 14.4 Å². The van der Waals surface area contributed by atoms with Gasteiger partial charge in [0.2, 0.25) is 0 Å². The normalized spacial score (nSPS) is 17.4. The second kappa shape index (κ2) is 31.2. The van der Waals surface area contributed by atoms with Crippen LogP contribution in [0.3, 0.4) is 0 Å². The van der Waals surface area contributed by atoms with Crippen molar-refractivity contribution in [3.05, 3.63) is 105 Å². The highest BCUT2D eigenvalue weighted by Crippen LogP contribution is 2.40. The molecule has 15 nitrogen and oxygen atoms in total. The zero-order valence-corrected chi connectivity index (χ0v) is 42.6. The SMILES string of the molecule is C=CC(=O)OCCCCCCOC1CCC(C(=O)Oc2ccc3c(c2)cc(Oc2ccc(OCCOCCOC(=O)C=C)cc2)c2cc(OC(=O)C4CCC(OCCCCCCOC(=O)C=C)CC4)ccc23)CC1. The molecule has 2 fully saturated rings. The predicted molar refractivity (Wildman–Crippen MR) is 279 cm³/mol. The fourth-order valence-corrected chi connectivity index (χ4v) is 9.02. The van der Waals surface area contributed by atoms with E-state index < -0.39 is 17.9 Å². The second-order valence-electron chi connectivity index (χ2n) is 18.5. The number of rotatable bonds is 32. The first-order chi connectivity index (χ1) is 36.1. The quantitative estimate of drug-likeness (QED) is 0.0113. The molecule has 0 saturated heterocycles. The van der Waals surface area contributed by atoms with Crippen molar-refractivity contribution in [1.29, 1.82) is 0 Å². The fourth-order valence-electron chi connectivity index (χ4n) is 9.02. The lowest BCUT2D eigenvalue weighted by atomic mass is 9.87. The first kappa shape index (κ1) is 56.7. The van der Waals surface area contributed by atoms with Gasteiger partial charge in [0.1, 0.15) is 42.0 Å². The van der Waals surface area contributed by atoms with Gasteiger partial charge in [-0.2, -0.15) is 0 Å². The van der Waals surface area contributed by atoms with Crippen LogP contribution in [0.25, 0.3) is 21.5 Å². The van der Waals surface area contributed by atoms with Gasteiger partial charge in [-0.15, -0.1) is 0 Å². The van der Waals surface area contributed by atoms with Gasteiger partial charge in [0.15, 0.2) is 0 Å². The fraction of sp³-hybridized carbons (Fsp3) is 0.475. The lowest BCUT2D eigenvalue weighted by Gasteiger charge is -2.27. The largest absolute Gasteiger partial charge is 0.491 e. The third-order valence-electron chi connectivity index (χ3n) is 13.1. The molecule has 2 aliphatic rings. The van der Waals surface area contributed by atoms with Crippen molar-refractivity contribution in [1.82, 2.24) is 0 Å². The van der Waals surface area contributed by atoms with E-state index in [-0.39, 0.29) is 55.8 Å². The van der Waals surface area contributed by atoms with E-state index in [9.17, 15) is 24.0 Å². The van der Waals surface area contributed by atoms with Gasteiger partial charge in [-0.05, 0) is 167 Å². The topological polar surface area (TPSA) is 178 Å². The van der Waals surface area contributed by atoms with Crippen LogP contribution in [-0.4, -0.2) is 94.9 Å². The molecule has 4 aromatic rings. The predicted octanol–water partition coefficient (Wildman–Crippen LogP) is 11.5. The van der Waals surface area contributed by atoms with Gasteiger partial charge >= 0.3 is 29.8 Å². The summed E-state index contributed by atoms with van der Waals surface area (Å²) in [6, 6.07) is 20.2.